The largest absolute Gasteiger partial charge is 0.381 e. The predicted molar refractivity (Wildman–Crippen MR) is 43.8 cm³/mol. The molecule has 1 aliphatic rings. The van der Waals surface area contributed by atoms with Crippen LogP contribution in [0.25, 0.3) is 0 Å². The summed E-state index contributed by atoms with van der Waals surface area (Å²) in [5.41, 5.74) is 5.04. The first-order valence-electron chi connectivity index (χ1n) is 4.00. The van der Waals surface area contributed by atoms with E-state index in [1.54, 1.807) is 0 Å². The highest BCUT2D eigenvalue weighted by atomic mass is 19.1. The molecule has 0 amide bonds. The molecule has 1 saturated carbocycles. The van der Waals surface area contributed by atoms with Gasteiger partial charge in [0.05, 0.1) is 0 Å². The molecule has 1 heterocycles. The minimum atomic E-state index is -0.820. The maximum Gasteiger partial charge on any atom is 0.194 e. The van der Waals surface area contributed by atoms with Crippen molar-refractivity contribution in [2.45, 2.75) is 18.8 Å². The zero-order chi connectivity index (χ0) is 9.42. The standard InChI is InChI=1S/C8H8FN3O/c9-6-5(3-13)11-8(4-1-2-4)12-7(6)10/h3-4H,1-2H2,(H2,10,11,12). The summed E-state index contributed by atoms with van der Waals surface area (Å²) in [6, 6.07) is 0. The lowest BCUT2D eigenvalue weighted by molar-refractivity contribution is 0.111. The smallest absolute Gasteiger partial charge is 0.194 e. The Morgan fingerprint density at radius 3 is 2.69 bits per heavy atom. The van der Waals surface area contributed by atoms with Gasteiger partial charge in [0.2, 0.25) is 0 Å². The Labute approximate surface area is 74.0 Å². The van der Waals surface area contributed by atoms with E-state index in [0.717, 1.165) is 12.8 Å². The summed E-state index contributed by atoms with van der Waals surface area (Å²) in [5.74, 6) is -0.305. The number of carbonyl (C=O) groups excluding carboxylic acids is 1. The van der Waals surface area contributed by atoms with Crippen LogP contribution in [0.1, 0.15) is 35.1 Å². The van der Waals surface area contributed by atoms with Gasteiger partial charge in [0, 0.05) is 5.92 Å². The summed E-state index contributed by atoms with van der Waals surface area (Å²) in [7, 11) is 0. The summed E-state index contributed by atoms with van der Waals surface area (Å²) in [4.78, 5) is 17.9. The van der Waals surface area contributed by atoms with Crippen molar-refractivity contribution < 1.29 is 9.18 Å². The zero-order valence-corrected chi connectivity index (χ0v) is 6.83. The second-order valence-corrected chi connectivity index (χ2v) is 3.06. The first-order chi connectivity index (χ1) is 6.22. The number of anilines is 1. The van der Waals surface area contributed by atoms with Crippen molar-refractivity contribution >= 4 is 12.1 Å². The summed E-state index contributed by atoms with van der Waals surface area (Å²) in [6.45, 7) is 0. The SMILES string of the molecule is Nc1nc(C2CC2)nc(C=O)c1F. The van der Waals surface area contributed by atoms with Crippen LogP contribution >= 0.6 is 0 Å². The number of aldehydes is 1. The fourth-order valence-corrected chi connectivity index (χ4v) is 1.10. The normalized spacial score (nSPS) is 15.8. The van der Waals surface area contributed by atoms with Crippen molar-refractivity contribution in [2.75, 3.05) is 5.73 Å². The Bertz CT molecular complexity index is 363. The molecule has 0 aromatic carbocycles. The number of rotatable bonds is 2. The maximum atomic E-state index is 13.0. The molecule has 1 aromatic heterocycles. The van der Waals surface area contributed by atoms with Gasteiger partial charge < -0.3 is 5.73 Å². The van der Waals surface area contributed by atoms with Crippen molar-refractivity contribution in [1.82, 2.24) is 9.97 Å². The third kappa shape index (κ3) is 1.37. The quantitative estimate of drug-likeness (QED) is 0.688. The average Bonchev–Trinajstić information content (AvgIpc) is 2.92. The van der Waals surface area contributed by atoms with E-state index in [9.17, 15) is 9.18 Å². The Morgan fingerprint density at radius 2 is 2.15 bits per heavy atom. The molecule has 1 aliphatic carbocycles. The summed E-state index contributed by atoms with van der Waals surface area (Å²) >= 11 is 0. The molecule has 0 unspecified atom stereocenters. The van der Waals surface area contributed by atoms with E-state index in [-0.39, 0.29) is 17.4 Å². The number of carbonyl (C=O) groups is 1. The first-order valence-corrected chi connectivity index (χ1v) is 4.00. The van der Waals surface area contributed by atoms with E-state index < -0.39 is 5.82 Å². The van der Waals surface area contributed by atoms with Gasteiger partial charge in [0.25, 0.3) is 0 Å². The van der Waals surface area contributed by atoms with Crippen LogP contribution in [0.15, 0.2) is 0 Å². The number of hydrogen-bond donors (Lipinski definition) is 1. The molecule has 0 bridgehead atoms. The number of hydrogen-bond acceptors (Lipinski definition) is 4. The first kappa shape index (κ1) is 8.10. The molecule has 5 heteroatoms. The second kappa shape index (κ2) is 2.76. The Kier molecular flexibility index (Phi) is 1.72. The Hall–Kier alpha value is -1.52. The van der Waals surface area contributed by atoms with Gasteiger partial charge in [-0.15, -0.1) is 0 Å². The number of nitrogen functional groups attached to an aromatic ring is 1. The van der Waals surface area contributed by atoms with Gasteiger partial charge in [-0.25, -0.2) is 14.4 Å². The molecule has 4 nitrogen and oxygen atoms in total. The van der Waals surface area contributed by atoms with Crippen molar-refractivity contribution in [3.05, 3.63) is 17.3 Å². The van der Waals surface area contributed by atoms with Gasteiger partial charge in [-0.3, -0.25) is 4.79 Å². The minimum Gasteiger partial charge on any atom is -0.381 e. The van der Waals surface area contributed by atoms with Crippen LogP contribution in [0, 0.1) is 5.82 Å². The number of nitrogens with two attached hydrogens (primary N) is 1. The van der Waals surface area contributed by atoms with E-state index in [2.05, 4.69) is 9.97 Å². The van der Waals surface area contributed by atoms with Gasteiger partial charge >= 0.3 is 0 Å². The molecular formula is C8H8FN3O. The summed E-state index contributed by atoms with van der Waals surface area (Å²) < 4.78 is 13.0. The van der Waals surface area contributed by atoms with Crippen LogP contribution in [0.3, 0.4) is 0 Å². The second-order valence-electron chi connectivity index (χ2n) is 3.06. The molecule has 1 aromatic rings. The van der Waals surface area contributed by atoms with E-state index in [0.29, 0.717) is 12.1 Å². The molecule has 0 spiro atoms. The van der Waals surface area contributed by atoms with Crippen LogP contribution in [0.2, 0.25) is 0 Å². The molecule has 68 valence electrons. The van der Waals surface area contributed by atoms with Gasteiger partial charge in [-0.05, 0) is 12.8 Å². The molecule has 0 aliphatic heterocycles. The van der Waals surface area contributed by atoms with Crippen LogP contribution in [-0.2, 0) is 0 Å². The molecule has 0 atom stereocenters. The van der Waals surface area contributed by atoms with Gasteiger partial charge in [0.1, 0.15) is 11.5 Å². The zero-order valence-electron chi connectivity index (χ0n) is 6.83. The maximum absolute atomic E-state index is 13.0. The minimum absolute atomic E-state index is 0.237. The van der Waals surface area contributed by atoms with E-state index in [4.69, 9.17) is 5.73 Å². The fraction of sp³-hybridized carbons (Fsp3) is 0.375. The van der Waals surface area contributed by atoms with Gasteiger partial charge in [0.15, 0.2) is 17.9 Å². The topological polar surface area (TPSA) is 68.9 Å². The van der Waals surface area contributed by atoms with E-state index >= 15 is 0 Å². The molecule has 2 N–H and O–H groups in total. The summed E-state index contributed by atoms with van der Waals surface area (Å²) in [6.07, 6.45) is 2.34. The molecule has 2 rings (SSSR count). The van der Waals surface area contributed by atoms with Crippen LogP contribution < -0.4 is 5.73 Å². The molecular weight excluding hydrogens is 173 g/mol. The molecule has 0 radical (unpaired) electrons. The molecule has 1 fully saturated rings. The van der Waals surface area contributed by atoms with E-state index in [1.807, 2.05) is 0 Å². The molecule has 0 saturated heterocycles. The van der Waals surface area contributed by atoms with Crippen molar-refractivity contribution in [3.63, 3.8) is 0 Å². The monoisotopic (exact) mass is 181 g/mol. The number of halogens is 1. The fourth-order valence-electron chi connectivity index (χ4n) is 1.10. The third-order valence-corrected chi connectivity index (χ3v) is 1.97. The summed E-state index contributed by atoms with van der Waals surface area (Å²) in [5, 5.41) is 0. The third-order valence-electron chi connectivity index (χ3n) is 1.97. The predicted octanol–water partition coefficient (Wildman–Crippen LogP) is 0.888. The Balaban J connectivity index is 2.49. The number of aromatic nitrogens is 2. The van der Waals surface area contributed by atoms with Gasteiger partial charge in [-0.1, -0.05) is 0 Å². The number of nitrogens with zero attached hydrogens (tertiary/aromatic N) is 2. The van der Waals surface area contributed by atoms with E-state index in [1.165, 1.54) is 0 Å². The highest BCUT2D eigenvalue weighted by Gasteiger charge is 2.28. The van der Waals surface area contributed by atoms with Crippen molar-refractivity contribution in [3.8, 4) is 0 Å². The highest BCUT2D eigenvalue weighted by molar-refractivity contribution is 5.73. The van der Waals surface area contributed by atoms with Crippen molar-refractivity contribution in [1.29, 1.82) is 0 Å². The lowest BCUT2D eigenvalue weighted by Gasteiger charge is -2.01. The lowest BCUT2D eigenvalue weighted by atomic mass is 10.3. The average molecular weight is 181 g/mol. The van der Waals surface area contributed by atoms with Crippen molar-refractivity contribution in [2.24, 2.45) is 0 Å². The van der Waals surface area contributed by atoms with Gasteiger partial charge in [-0.2, -0.15) is 0 Å². The molecule has 13 heavy (non-hydrogen) atoms. The highest BCUT2D eigenvalue weighted by Crippen LogP contribution is 2.38. The Morgan fingerprint density at radius 1 is 1.46 bits per heavy atom. The van der Waals surface area contributed by atoms with Crippen LogP contribution in [-0.4, -0.2) is 16.3 Å². The lowest BCUT2D eigenvalue weighted by Crippen LogP contribution is -2.06. The van der Waals surface area contributed by atoms with Crippen LogP contribution in [0.5, 0.6) is 0 Å². The van der Waals surface area contributed by atoms with Crippen LogP contribution in [0.4, 0.5) is 10.2 Å².